The summed E-state index contributed by atoms with van der Waals surface area (Å²) in [6.07, 6.45) is 5.95. The quantitative estimate of drug-likeness (QED) is 0.870. The van der Waals surface area contributed by atoms with Gasteiger partial charge in [0.1, 0.15) is 12.7 Å². The Balaban J connectivity index is 1.55. The Bertz CT molecular complexity index is 510. The van der Waals surface area contributed by atoms with Gasteiger partial charge in [0, 0.05) is 24.5 Å². The van der Waals surface area contributed by atoms with Gasteiger partial charge in [0.05, 0.1) is 4.34 Å². The molecule has 0 aromatic carbocycles. The Morgan fingerprint density at radius 2 is 2.37 bits per heavy atom. The molecule has 1 saturated heterocycles. The molecule has 102 valence electrons. The fourth-order valence-electron chi connectivity index (χ4n) is 2.69. The number of rotatable bonds is 4. The normalized spacial score (nSPS) is 20.8. The van der Waals surface area contributed by atoms with Crippen LogP contribution in [0.25, 0.3) is 0 Å². The third-order valence-electron chi connectivity index (χ3n) is 3.52. The van der Waals surface area contributed by atoms with Gasteiger partial charge in [-0.25, -0.2) is 4.98 Å². The number of hydrogen-bond acceptors (Lipinski definition) is 4. The highest BCUT2D eigenvalue weighted by molar-refractivity contribution is 7.16. The standard InChI is InChI=1S/C13H17ClN4S/c14-13-4-3-12(19-13)8-17-5-1-2-11(6-17)7-18-10-15-9-16-18/h3-4,9-11H,1-2,5-8H2/t11-/m0/s1. The minimum Gasteiger partial charge on any atom is -0.298 e. The molecule has 19 heavy (non-hydrogen) atoms. The van der Waals surface area contributed by atoms with Crippen LogP contribution < -0.4 is 0 Å². The van der Waals surface area contributed by atoms with Crippen LogP contribution in [0.2, 0.25) is 4.34 Å². The number of thiophene rings is 1. The van der Waals surface area contributed by atoms with Crippen LogP contribution in [-0.4, -0.2) is 32.8 Å². The summed E-state index contributed by atoms with van der Waals surface area (Å²) in [5, 5.41) is 4.19. The summed E-state index contributed by atoms with van der Waals surface area (Å²) in [4.78, 5) is 7.88. The summed E-state index contributed by atoms with van der Waals surface area (Å²) in [5.41, 5.74) is 0. The number of aromatic nitrogens is 3. The Morgan fingerprint density at radius 3 is 3.11 bits per heavy atom. The largest absolute Gasteiger partial charge is 0.298 e. The maximum absolute atomic E-state index is 5.98. The monoisotopic (exact) mass is 296 g/mol. The summed E-state index contributed by atoms with van der Waals surface area (Å²) < 4.78 is 2.82. The summed E-state index contributed by atoms with van der Waals surface area (Å²) in [6, 6.07) is 4.12. The molecule has 3 heterocycles. The fourth-order valence-corrected chi connectivity index (χ4v) is 3.82. The van der Waals surface area contributed by atoms with E-state index in [2.05, 4.69) is 21.0 Å². The lowest BCUT2D eigenvalue weighted by Gasteiger charge is -2.32. The van der Waals surface area contributed by atoms with E-state index in [1.165, 1.54) is 24.3 Å². The highest BCUT2D eigenvalue weighted by atomic mass is 35.5. The van der Waals surface area contributed by atoms with Gasteiger partial charge in [-0.1, -0.05) is 11.6 Å². The average Bonchev–Trinajstić information content (AvgIpc) is 3.02. The highest BCUT2D eigenvalue weighted by Crippen LogP contribution is 2.25. The predicted octanol–water partition coefficient (Wildman–Crippen LogP) is 2.91. The van der Waals surface area contributed by atoms with Crippen molar-refractivity contribution in [2.24, 2.45) is 5.92 Å². The first-order valence-corrected chi connectivity index (χ1v) is 7.78. The SMILES string of the molecule is Clc1ccc(CN2CCC[C@H](Cn3cncn3)C2)s1. The summed E-state index contributed by atoms with van der Waals surface area (Å²) >= 11 is 7.67. The van der Waals surface area contributed by atoms with Crippen LogP contribution >= 0.6 is 22.9 Å². The molecule has 0 saturated carbocycles. The van der Waals surface area contributed by atoms with Crippen molar-refractivity contribution in [3.63, 3.8) is 0 Å². The van der Waals surface area contributed by atoms with E-state index in [0.717, 1.165) is 24.0 Å². The predicted molar refractivity (Wildman–Crippen MR) is 77.4 cm³/mol. The van der Waals surface area contributed by atoms with Crippen LogP contribution in [0.15, 0.2) is 24.8 Å². The van der Waals surface area contributed by atoms with Crippen LogP contribution in [0.5, 0.6) is 0 Å². The fraction of sp³-hybridized carbons (Fsp3) is 0.538. The Hall–Kier alpha value is -0.910. The van der Waals surface area contributed by atoms with Gasteiger partial charge < -0.3 is 0 Å². The Labute approximate surface area is 122 Å². The lowest BCUT2D eigenvalue weighted by molar-refractivity contribution is 0.154. The molecule has 1 aliphatic rings. The first kappa shape index (κ1) is 13.1. The van der Waals surface area contributed by atoms with Crippen LogP contribution in [-0.2, 0) is 13.1 Å². The second kappa shape index (κ2) is 6.03. The molecular weight excluding hydrogens is 280 g/mol. The van der Waals surface area contributed by atoms with Crippen molar-refractivity contribution in [2.45, 2.75) is 25.9 Å². The molecule has 2 aromatic rings. The lowest BCUT2D eigenvalue weighted by Crippen LogP contribution is -2.36. The number of nitrogens with zero attached hydrogens (tertiary/aromatic N) is 4. The summed E-state index contributed by atoms with van der Waals surface area (Å²) in [7, 11) is 0. The van der Waals surface area contributed by atoms with Crippen LogP contribution in [0.1, 0.15) is 17.7 Å². The van der Waals surface area contributed by atoms with E-state index in [1.54, 1.807) is 24.0 Å². The Morgan fingerprint density at radius 1 is 1.42 bits per heavy atom. The third kappa shape index (κ3) is 3.55. The van der Waals surface area contributed by atoms with Crippen molar-refractivity contribution in [3.8, 4) is 0 Å². The lowest BCUT2D eigenvalue weighted by atomic mass is 9.98. The van der Waals surface area contributed by atoms with E-state index >= 15 is 0 Å². The third-order valence-corrected chi connectivity index (χ3v) is 4.74. The van der Waals surface area contributed by atoms with E-state index < -0.39 is 0 Å². The molecule has 1 fully saturated rings. The molecule has 0 amide bonds. The van der Waals surface area contributed by atoms with Gasteiger partial charge >= 0.3 is 0 Å². The molecule has 0 spiro atoms. The van der Waals surface area contributed by atoms with E-state index in [1.807, 2.05) is 10.7 Å². The van der Waals surface area contributed by atoms with Crippen molar-refractivity contribution in [1.82, 2.24) is 19.7 Å². The number of halogens is 1. The topological polar surface area (TPSA) is 34.0 Å². The van der Waals surface area contributed by atoms with Crippen molar-refractivity contribution in [3.05, 3.63) is 34.0 Å². The van der Waals surface area contributed by atoms with Crippen LogP contribution in [0.3, 0.4) is 0 Å². The molecular formula is C13H17ClN4S. The molecule has 0 aliphatic carbocycles. The molecule has 3 rings (SSSR count). The van der Waals surface area contributed by atoms with Gasteiger partial charge in [-0.05, 0) is 37.4 Å². The molecule has 0 N–H and O–H groups in total. The van der Waals surface area contributed by atoms with Gasteiger partial charge in [-0.15, -0.1) is 11.3 Å². The highest BCUT2D eigenvalue weighted by Gasteiger charge is 2.20. The minimum absolute atomic E-state index is 0.672. The maximum Gasteiger partial charge on any atom is 0.137 e. The van der Waals surface area contributed by atoms with Gasteiger partial charge in [-0.3, -0.25) is 9.58 Å². The number of hydrogen-bond donors (Lipinski definition) is 0. The number of piperidine rings is 1. The van der Waals surface area contributed by atoms with E-state index in [-0.39, 0.29) is 0 Å². The zero-order valence-electron chi connectivity index (χ0n) is 10.7. The van der Waals surface area contributed by atoms with Gasteiger partial charge in [0.2, 0.25) is 0 Å². The average molecular weight is 297 g/mol. The smallest absolute Gasteiger partial charge is 0.137 e. The molecule has 1 atom stereocenters. The molecule has 0 unspecified atom stereocenters. The molecule has 0 bridgehead atoms. The van der Waals surface area contributed by atoms with Crippen molar-refractivity contribution < 1.29 is 0 Å². The first-order valence-electron chi connectivity index (χ1n) is 6.58. The zero-order chi connectivity index (χ0) is 13.1. The minimum atomic E-state index is 0.672. The Kier molecular flexibility index (Phi) is 4.15. The van der Waals surface area contributed by atoms with Gasteiger partial charge in [0.25, 0.3) is 0 Å². The second-order valence-corrected chi connectivity index (χ2v) is 6.87. The van der Waals surface area contributed by atoms with E-state index in [4.69, 9.17) is 11.6 Å². The number of likely N-dealkylation sites (tertiary alicyclic amines) is 1. The van der Waals surface area contributed by atoms with E-state index in [0.29, 0.717) is 5.92 Å². The summed E-state index contributed by atoms with van der Waals surface area (Å²) in [6.45, 7) is 4.31. The van der Waals surface area contributed by atoms with Gasteiger partial charge in [-0.2, -0.15) is 5.10 Å². The van der Waals surface area contributed by atoms with Crippen LogP contribution in [0.4, 0.5) is 0 Å². The molecule has 0 radical (unpaired) electrons. The maximum atomic E-state index is 5.98. The zero-order valence-corrected chi connectivity index (χ0v) is 12.3. The molecule has 2 aromatic heterocycles. The van der Waals surface area contributed by atoms with Gasteiger partial charge in [0.15, 0.2) is 0 Å². The summed E-state index contributed by atoms with van der Waals surface area (Å²) in [5.74, 6) is 0.672. The first-order chi connectivity index (χ1) is 9.29. The molecule has 1 aliphatic heterocycles. The van der Waals surface area contributed by atoms with Crippen molar-refractivity contribution in [1.29, 1.82) is 0 Å². The van der Waals surface area contributed by atoms with E-state index in [9.17, 15) is 0 Å². The van der Waals surface area contributed by atoms with Crippen molar-refractivity contribution in [2.75, 3.05) is 13.1 Å². The molecule has 6 heteroatoms. The van der Waals surface area contributed by atoms with Crippen molar-refractivity contribution >= 4 is 22.9 Å². The molecule has 4 nitrogen and oxygen atoms in total. The van der Waals surface area contributed by atoms with Crippen LogP contribution in [0, 0.1) is 5.92 Å². The second-order valence-electron chi connectivity index (χ2n) is 5.07.